The van der Waals surface area contributed by atoms with Crippen LogP contribution in [0, 0.1) is 0 Å². The van der Waals surface area contributed by atoms with Crippen LogP contribution in [0.3, 0.4) is 0 Å². The van der Waals surface area contributed by atoms with Crippen molar-refractivity contribution in [2.24, 2.45) is 5.73 Å². The molecular formula is C23H44NO6P. The molecule has 0 aliphatic rings. The van der Waals surface area contributed by atoms with Gasteiger partial charge in [0, 0.05) is 12.8 Å². The van der Waals surface area contributed by atoms with E-state index in [1.165, 1.54) is 38.5 Å². The van der Waals surface area contributed by atoms with Gasteiger partial charge in [0.25, 0.3) is 0 Å². The van der Waals surface area contributed by atoms with Crippen LogP contribution in [0.1, 0.15) is 110 Å². The fraction of sp³-hybridized carbons (Fsp3) is 0.913. The Morgan fingerprint density at radius 1 is 0.742 bits per heavy atom. The average Bonchev–Trinajstić information content (AvgIpc) is 2.76. The molecule has 1 atom stereocenters. The summed E-state index contributed by atoms with van der Waals surface area (Å²) in [6.07, 6.45) is 15.4. The Kier molecular flexibility index (Phi) is 22.8. The van der Waals surface area contributed by atoms with E-state index in [1.807, 2.05) is 0 Å². The Labute approximate surface area is 190 Å². The van der Waals surface area contributed by atoms with Crippen LogP contribution in [0.2, 0.25) is 0 Å². The van der Waals surface area contributed by atoms with Gasteiger partial charge in [0.05, 0.1) is 0 Å². The summed E-state index contributed by atoms with van der Waals surface area (Å²) in [6, 6.07) is 0. The summed E-state index contributed by atoms with van der Waals surface area (Å²) < 4.78 is 25.9. The van der Waals surface area contributed by atoms with E-state index in [2.05, 4.69) is 6.92 Å². The average molecular weight is 462 g/mol. The molecule has 0 amide bonds. The number of carbonyl (C=O) groups is 2. The molecule has 0 spiro atoms. The molecule has 182 valence electrons. The second kappa shape index (κ2) is 23.6. The zero-order valence-electron chi connectivity index (χ0n) is 19.5. The van der Waals surface area contributed by atoms with E-state index in [4.69, 9.17) is 19.7 Å². The van der Waals surface area contributed by atoms with Gasteiger partial charge in [0.2, 0.25) is 0 Å². The lowest BCUT2D eigenvalue weighted by molar-refractivity contribution is -0.160. The van der Waals surface area contributed by atoms with E-state index in [9.17, 15) is 14.2 Å². The van der Waals surface area contributed by atoms with Crippen molar-refractivity contribution >= 4 is 20.6 Å². The van der Waals surface area contributed by atoms with Crippen molar-refractivity contribution in [3.63, 3.8) is 0 Å². The fourth-order valence-electron chi connectivity index (χ4n) is 3.26. The van der Waals surface area contributed by atoms with Crippen LogP contribution >= 0.6 is 8.69 Å². The molecule has 0 aliphatic carbocycles. The molecule has 0 unspecified atom stereocenters. The SMILES string of the molecule is CCCCCCCC(=O)O[C@H](COP=O)COC(=O)CCCCCCCCCCCN. The van der Waals surface area contributed by atoms with Crippen molar-refractivity contribution in [2.75, 3.05) is 19.8 Å². The van der Waals surface area contributed by atoms with Gasteiger partial charge in [-0.1, -0.05) is 77.6 Å². The molecule has 0 fully saturated rings. The van der Waals surface area contributed by atoms with Crippen LogP contribution in [0.5, 0.6) is 0 Å². The van der Waals surface area contributed by atoms with Gasteiger partial charge in [0.15, 0.2) is 6.10 Å². The minimum absolute atomic E-state index is 0.0643. The van der Waals surface area contributed by atoms with Crippen LogP contribution in [-0.4, -0.2) is 37.8 Å². The summed E-state index contributed by atoms with van der Waals surface area (Å²) in [7, 11) is -0.491. The third-order valence-electron chi connectivity index (χ3n) is 5.11. The highest BCUT2D eigenvalue weighted by Crippen LogP contribution is 2.12. The Morgan fingerprint density at radius 2 is 1.26 bits per heavy atom. The van der Waals surface area contributed by atoms with Crippen molar-refractivity contribution in [2.45, 2.75) is 116 Å². The molecule has 2 N–H and O–H groups in total. The standard InChI is InChI=1S/C23H44NO6P/c1-2-3-4-10-14-17-23(26)30-21(20-29-31-27)19-28-22(25)16-13-11-8-6-5-7-9-12-15-18-24/h21H,2-20,24H2,1H3/t21-/m0/s1. The first-order chi connectivity index (χ1) is 15.1. The molecule has 0 heterocycles. The highest BCUT2D eigenvalue weighted by molar-refractivity contribution is 7.17. The van der Waals surface area contributed by atoms with Gasteiger partial charge in [-0.2, -0.15) is 0 Å². The van der Waals surface area contributed by atoms with E-state index in [-0.39, 0.29) is 25.2 Å². The second-order valence-electron chi connectivity index (χ2n) is 8.05. The molecule has 0 aromatic heterocycles. The van der Waals surface area contributed by atoms with Gasteiger partial charge < -0.3 is 15.2 Å². The number of esters is 2. The minimum atomic E-state index is -0.729. The van der Waals surface area contributed by atoms with E-state index >= 15 is 0 Å². The molecule has 0 rings (SSSR count). The van der Waals surface area contributed by atoms with Gasteiger partial charge in [-0.25, -0.2) is 4.57 Å². The Hall–Kier alpha value is -1.04. The van der Waals surface area contributed by atoms with Crippen LogP contribution in [0.15, 0.2) is 0 Å². The number of unbranched alkanes of at least 4 members (excludes halogenated alkanes) is 12. The van der Waals surface area contributed by atoms with Crippen molar-refractivity contribution in [1.29, 1.82) is 0 Å². The molecule has 31 heavy (non-hydrogen) atoms. The highest BCUT2D eigenvalue weighted by atomic mass is 31.1. The second-order valence-corrected chi connectivity index (χ2v) is 8.46. The molecule has 8 heteroatoms. The smallest absolute Gasteiger partial charge is 0.327 e. The zero-order valence-corrected chi connectivity index (χ0v) is 20.4. The summed E-state index contributed by atoms with van der Waals surface area (Å²) >= 11 is 0. The lowest BCUT2D eigenvalue weighted by Gasteiger charge is -2.16. The number of carbonyl (C=O) groups excluding carboxylic acids is 2. The van der Waals surface area contributed by atoms with Crippen molar-refractivity contribution < 1.29 is 28.2 Å². The van der Waals surface area contributed by atoms with Crippen LogP contribution < -0.4 is 5.73 Å². The molecule has 0 bridgehead atoms. The van der Waals surface area contributed by atoms with Gasteiger partial charge in [-0.05, 0) is 25.8 Å². The monoisotopic (exact) mass is 461 g/mol. The molecule has 0 aromatic rings. The van der Waals surface area contributed by atoms with Gasteiger partial charge in [-0.15, -0.1) is 0 Å². The third-order valence-corrected chi connectivity index (χ3v) is 5.37. The number of hydrogen-bond acceptors (Lipinski definition) is 7. The van der Waals surface area contributed by atoms with Crippen LogP contribution in [-0.2, 0) is 28.2 Å². The normalized spacial score (nSPS) is 12.1. The molecule has 0 radical (unpaired) electrons. The van der Waals surface area contributed by atoms with Gasteiger partial charge >= 0.3 is 20.6 Å². The quantitative estimate of drug-likeness (QED) is 0.115. The first kappa shape index (κ1) is 30.0. The largest absolute Gasteiger partial charge is 0.462 e. The van der Waals surface area contributed by atoms with E-state index in [0.717, 1.165) is 57.9 Å². The molecule has 7 nitrogen and oxygen atoms in total. The van der Waals surface area contributed by atoms with Crippen molar-refractivity contribution in [1.82, 2.24) is 0 Å². The predicted octanol–water partition coefficient (Wildman–Crippen LogP) is 5.88. The summed E-state index contributed by atoms with van der Waals surface area (Å²) in [6.45, 7) is 2.79. The molecular weight excluding hydrogens is 417 g/mol. The number of ether oxygens (including phenoxy) is 2. The zero-order chi connectivity index (χ0) is 23.0. The lowest BCUT2D eigenvalue weighted by Crippen LogP contribution is -2.28. The summed E-state index contributed by atoms with van der Waals surface area (Å²) in [5.74, 6) is -0.645. The van der Waals surface area contributed by atoms with Gasteiger partial charge in [-0.3, -0.25) is 14.1 Å². The first-order valence-electron chi connectivity index (χ1n) is 12.1. The van der Waals surface area contributed by atoms with E-state index in [0.29, 0.717) is 12.8 Å². The van der Waals surface area contributed by atoms with E-state index < -0.39 is 14.8 Å². The minimum Gasteiger partial charge on any atom is -0.462 e. The van der Waals surface area contributed by atoms with Gasteiger partial charge in [0.1, 0.15) is 13.2 Å². The maximum atomic E-state index is 12.0. The number of rotatable bonds is 23. The van der Waals surface area contributed by atoms with Crippen LogP contribution in [0.25, 0.3) is 0 Å². The maximum absolute atomic E-state index is 12.0. The summed E-state index contributed by atoms with van der Waals surface area (Å²) in [5.41, 5.74) is 5.48. The van der Waals surface area contributed by atoms with E-state index in [1.54, 1.807) is 0 Å². The Morgan fingerprint density at radius 3 is 1.81 bits per heavy atom. The fourth-order valence-corrected chi connectivity index (χ4v) is 3.48. The topological polar surface area (TPSA) is 105 Å². The number of hydrogen-bond donors (Lipinski definition) is 1. The molecule has 0 saturated heterocycles. The third kappa shape index (κ3) is 22.0. The molecule has 0 aromatic carbocycles. The first-order valence-corrected chi connectivity index (χ1v) is 12.9. The van der Waals surface area contributed by atoms with Crippen molar-refractivity contribution in [3.05, 3.63) is 0 Å². The maximum Gasteiger partial charge on any atom is 0.327 e. The summed E-state index contributed by atoms with van der Waals surface area (Å²) in [4.78, 5) is 23.9. The molecule has 0 aliphatic heterocycles. The summed E-state index contributed by atoms with van der Waals surface area (Å²) in [5, 5.41) is 0. The van der Waals surface area contributed by atoms with Crippen molar-refractivity contribution in [3.8, 4) is 0 Å². The Balaban J connectivity index is 3.84. The Bertz CT molecular complexity index is 450. The lowest BCUT2D eigenvalue weighted by atomic mass is 10.1. The van der Waals surface area contributed by atoms with Crippen LogP contribution in [0.4, 0.5) is 0 Å². The predicted molar refractivity (Wildman–Crippen MR) is 123 cm³/mol. The number of nitrogens with two attached hydrogens (primary N) is 1. The molecule has 0 saturated carbocycles. The highest BCUT2D eigenvalue weighted by Gasteiger charge is 2.17.